The van der Waals surface area contributed by atoms with Crippen LogP contribution in [0.3, 0.4) is 0 Å². The number of hydrogen-bond donors (Lipinski definition) is 0. The van der Waals surface area contributed by atoms with Gasteiger partial charge in [0.25, 0.3) is 0 Å². The molecule has 0 aromatic heterocycles. The maximum absolute atomic E-state index is 9.62. The summed E-state index contributed by atoms with van der Waals surface area (Å²) in [5.74, 6) is 2.79. The Hall–Kier alpha value is -0.510. The molecule has 19 heavy (non-hydrogen) atoms. The smallest absolute Gasteiger partial charge is 0.0689 e. The van der Waals surface area contributed by atoms with Crippen molar-refractivity contribution in [1.29, 1.82) is 5.26 Å². The Labute approximate surface area is 119 Å². The fourth-order valence-corrected chi connectivity index (χ4v) is 4.74. The molecule has 2 saturated carbocycles. The van der Waals surface area contributed by atoms with Crippen molar-refractivity contribution in [3.63, 3.8) is 0 Å². The van der Waals surface area contributed by atoms with Crippen molar-refractivity contribution >= 4 is 0 Å². The van der Waals surface area contributed by atoms with Crippen molar-refractivity contribution in [2.24, 2.45) is 23.2 Å². The summed E-state index contributed by atoms with van der Waals surface area (Å²) in [6, 6.07) is 2.71. The van der Waals surface area contributed by atoms with Gasteiger partial charge in [-0.3, -0.25) is 0 Å². The van der Waals surface area contributed by atoms with Crippen molar-refractivity contribution in [3.05, 3.63) is 0 Å². The minimum absolute atomic E-state index is 0.0409. The quantitative estimate of drug-likeness (QED) is 0.636. The van der Waals surface area contributed by atoms with Gasteiger partial charge in [-0.2, -0.15) is 5.26 Å². The normalized spacial score (nSPS) is 39.7. The molecule has 0 aliphatic heterocycles. The third-order valence-corrected chi connectivity index (χ3v) is 5.98. The first-order valence-corrected chi connectivity index (χ1v) is 8.64. The van der Waals surface area contributed by atoms with E-state index in [-0.39, 0.29) is 5.41 Å². The van der Waals surface area contributed by atoms with Crippen LogP contribution in [0.4, 0.5) is 0 Å². The molecule has 0 aromatic carbocycles. The second kappa shape index (κ2) is 6.78. The highest BCUT2D eigenvalue weighted by atomic mass is 14.5. The molecular formula is C18H31N. The summed E-state index contributed by atoms with van der Waals surface area (Å²) in [5, 5.41) is 9.62. The van der Waals surface area contributed by atoms with Gasteiger partial charge in [-0.25, -0.2) is 0 Å². The summed E-state index contributed by atoms with van der Waals surface area (Å²) >= 11 is 0. The average molecular weight is 261 g/mol. The molecule has 2 aliphatic carbocycles. The second-order valence-electron chi connectivity index (χ2n) is 7.19. The lowest BCUT2D eigenvalue weighted by Gasteiger charge is -2.41. The number of nitrogens with zero attached hydrogens (tertiary/aromatic N) is 1. The molecule has 1 nitrogen and oxygen atoms in total. The van der Waals surface area contributed by atoms with Gasteiger partial charge in [-0.15, -0.1) is 0 Å². The predicted molar refractivity (Wildman–Crippen MR) is 80.7 cm³/mol. The fourth-order valence-electron chi connectivity index (χ4n) is 4.74. The summed E-state index contributed by atoms with van der Waals surface area (Å²) in [6.07, 6.45) is 14.5. The van der Waals surface area contributed by atoms with E-state index in [1.807, 2.05) is 0 Å². The zero-order valence-electron chi connectivity index (χ0n) is 13.0. The lowest BCUT2D eigenvalue weighted by Crippen LogP contribution is -2.32. The first-order valence-electron chi connectivity index (χ1n) is 8.64. The van der Waals surface area contributed by atoms with Crippen LogP contribution in [-0.4, -0.2) is 0 Å². The number of hydrogen-bond acceptors (Lipinski definition) is 1. The van der Waals surface area contributed by atoms with Crippen LogP contribution in [0.5, 0.6) is 0 Å². The van der Waals surface area contributed by atoms with E-state index < -0.39 is 0 Å². The minimum atomic E-state index is 0.0409. The van der Waals surface area contributed by atoms with Crippen molar-refractivity contribution in [3.8, 4) is 6.07 Å². The van der Waals surface area contributed by atoms with Gasteiger partial charge in [0, 0.05) is 0 Å². The molecule has 0 aromatic rings. The van der Waals surface area contributed by atoms with Gasteiger partial charge >= 0.3 is 0 Å². The molecule has 0 bridgehead atoms. The summed E-state index contributed by atoms with van der Waals surface area (Å²) in [7, 11) is 0. The molecule has 0 N–H and O–H groups in total. The van der Waals surface area contributed by atoms with Crippen LogP contribution in [-0.2, 0) is 0 Å². The molecule has 2 aliphatic rings. The molecule has 1 heteroatoms. The maximum Gasteiger partial charge on any atom is 0.0689 e. The van der Waals surface area contributed by atoms with E-state index in [0.717, 1.165) is 30.6 Å². The van der Waals surface area contributed by atoms with Gasteiger partial charge < -0.3 is 0 Å². The lowest BCUT2D eigenvalue weighted by atomic mass is 9.62. The van der Waals surface area contributed by atoms with Crippen molar-refractivity contribution in [2.75, 3.05) is 0 Å². The van der Waals surface area contributed by atoms with Gasteiger partial charge in [-0.1, -0.05) is 52.4 Å². The van der Waals surface area contributed by atoms with Gasteiger partial charge in [0.2, 0.25) is 0 Å². The standard InChI is InChI=1S/C18H31N/c1-3-11-18(14-19)12-5-6-17(13-18)16-9-7-15(4-2)8-10-16/h15-17H,3-13H2,1-2H3/t15-,16-,17?,18?. The molecule has 0 heterocycles. The molecule has 0 saturated heterocycles. The van der Waals surface area contributed by atoms with E-state index in [9.17, 15) is 5.26 Å². The number of rotatable bonds is 4. The summed E-state index contributed by atoms with van der Waals surface area (Å²) in [6.45, 7) is 4.57. The van der Waals surface area contributed by atoms with E-state index in [4.69, 9.17) is 0 Å². The Morgan fingerprint density at radius 1 is 1.05 bits per heavy atom. The average Bonchev–Trinajstić information content (AvgIpc) is 2.48. The van der Waals surface area contributed by atoms with Crippen molar-refractivity contribution in [2.45, 2.75) is 84.5 Å². The van der Waals surface area contributed by atoms with E-state index in [1.54, 1.807) is 0 Å². The highest BCUT2D eigenvalue weighted by Crippen LogP contribution is 2.48. The highest BCUT2D eigenvalue weighted by Gasteiger charge is 2.39. The van der Waals surface area contributed by atoms with E-state index in [2.05, 4.69) is 19.9 Å². The molecule has 2 rings (SSSR count). The molecule has 0 radical (unpaired) electrons. The van der Waals surface area contributed by atoms with Gasteiger partial charge in [0.1, 0.15) is 0 Å². The van der Waals surface area contributed by atoms with Crippen LogP contribution in [0.15, 0.2) is 0 Å². The number of nitriles is 1. The first-order chi connectivity index (χ1) is 9.23. The topological polar surface area (TPSA) is 23.8 Å². The Kier molecular flexibility index (Phi) is 5.31. The molecule has 108 valence electrons. The maximum atomic E-state index is 9.62. The Morgan fingerprint density at radius 3 is 2.37 bits per heavy atom. The van der Waals surface area contributed by atoms with Crippen molar-refractivity contribution < 1.29 is 0 Å². The van der Waals surface area contributed by atoms with Crippen LogP contribution in [0.2, 0.25) is 0 Å². The van der Waals surface area contributed by atoms with E-state index in [1.165, 1.54) is 57.8 Å². The molecule has 0 amide bonds. The van der Waals surface area contributed by atoms with Gasteiger partial charge in [-0.05, 0) is 49.9 Å². The zero-order chi connectivity index (χ0) is 13.7. The largest absolute Gasteiger partial charge is 0.198 e. The Balaban J connectivity index is 1.92. The Bertz CT molecular complexity index is 304. The second-order valence-corrected chi connectivity index (χ2v) is 7.19. The van der Waals surface area contributed by atoms with Crippen LogP contribution in [0, 0.1) is 34.5 Å². The summed E-state index contributed by atoms with van der Waals surface area (Å²) in [4.78, 5) is 0. The van der Waals surface area contributed by atoms with E-state index >= 15 is 0 Å². The SMILES string of the molecule is CCCC1(C#N)CCCC([C@H]2CC[C@H](CC)CC2)C1. The fraction of sp³-hybridized carbons (Fsp3) is 0.944. The third kappa shape index (κ3) is 3.53. The van der Waals surface area contributed by atoms with Gasteiger partial charge in [0.05, 0.1) is 11.5 Å². The molecule has 0 spiro atoms. The minimum Gasteiger partial charge on any atom is -0.198 e. The van der Waals surface area contributed by atoms with Crippen LogP contribution < -0.4 is 0 Å². The molecule has 2 fully saturated rings. The monoisotopic (exact) mass is 261 g/mol. The Morgan fingerprint density at radius 2 is 1.79 bits per heavy atom. The van der Waals surface area contributed by atoms with Gasteiger partial charge in [0.15, 0.2) is 0 Å². The van der Waals surface area contributed by atoms with Crippen molar-refractivity contribution in [1.82, 2.24) is 0 Å². The third-order valence-electron chi connectivity index (χ3n) is 5.98. The van der Waals surface area contributed by atoms with Crippen LogP contribution in [0.1, 0.15) is 84.5 Å². The van der Waals surface area contributed by atoms with E-state index in [0.29, 0.717) is 0 Å². The van der Waals surface area contributed by atoms with Crippen LogP contribution in [0.25, 0.3) is 0 Å². The lowest BCUT2D eigenvalue weighted by molar-refractivity contribution is 0.105. The summed E-state index contributed by atoms with van der Waals surface area (Å²) in [5.41, 5.74) is 0.0409. The molecule has 2 atom stereocenters. The highest BCUT2D eigenvalue weighted by molar-refractivity contribution is 5.02. The predicted octanol–water partition coefficient (Wildman–Crippen LogP) is 5.70. The molecule has 2 unspecified atom stereocenters. The first kappa shape index (κ1) is 14.9. The van der Waals surface area contributed by atoms with Crippen LogP contribution >= 0.6 is 0 Å². The zero-order valence-corrected chi connectivity index (χ0v) is 13.0. The molecular weight excluding hydrogens is 230 g/mol. The summed E-state index contributed by atoms with van der Waals surface area (Å²) < 4.78 is 0.